The average Bonchev–Trinajstić information content (AvgIpc) is 2.50. The maximum absolute atomic E-state index is 10.4. The first kappa shape index (κ1) is 16.3. The number of fused-ring (bicyclic) bond motifs is 3. The molecule has 0 saturated heterocycles. The van der Waals surface area contributed by atoms with Gasteiger partial charge in [-0.1, -0.05) is 38.5 Å². The maximum atomic E-state index is 10.4. The largest absolute Gasteiger partial charge is 0.395 e. The summed E-state index contributed by atoms with van der Waals surface area (Å²) < 4.78 is 0. The third kappa shape index (κ3) is 2.14. The SMILES string of the molecule is C=C[C@@]1(C)CC[C@]2(CO)C3=CC[C@@H](O)C(C)(C)[C@H]3CC[C@H]2C1. The first-order valence-electron chi connectivity index (χ1n) is 8.92. The maximum Gasteiger partial charge on any atom is 0.0631 e. The van der Waals surface area contributed by atoms with E-state index in [0.29, 0.717) is 11.8 Å². The van der Waals surface area contributed by atoms with Crippen molar-refractivity contribution in [2.45, 2.75) is 65.4 Å². The first-order chi connectivity index (χ1) is 10.3. The van der Waals surface area contributed by atoms with Crippen LogP contribution in [0.1, 0.15) is 59.3 Å². The zero-order valence-corrected chi connectivity index (χ0v) is 14.4. The highest BCUT2D eigenvalue weighted by Gasteiger charge is 2.56. The summed E-state index contributed by atoms with van der Waals surface area (Å²) >= 11 is 0. The van der Waals surface area contributed by atoms with Gasteiger partial charge in [-0.05, 0) is 61.2 Å². The van der Waals surface area contributed by atoms with E-state index in [1.165, 1.54) is 12.0 Å². The molecule has 3 aliphatic carbocycles. The summed E-state index contributed by atoms with van der Waals surface area (Å²) in [5, 5.41) is 20.8. The van der Waals surface area contributed by atoms with Crippen molar-refractivity contribution >= 4 is 0 Å². The van der Waals surface area contributed by atoms with Gasteiger partial charge in [0, 0.05) is 5.41 Å². The molecule has 2 fully saturated rings. The molecule has 0 aromatic carbocycles. The lowest BCUT2D eigenvalue weighted by molar-refractivity contribution is -0.0622. The van der Waals surface area contributed by atoms with Gasteiger partial charge in [-0.3, -0.25) is 0 Å². The summed E-state index contributed by atoms with van der Waals surface area (Å²) in [6.45, 7) is 11.0. The van der Waals surface area contributed by atoms with Gasteiger partial charge in [0.05, 0.1) is 12.7 Å². The predicted octanol–water partition coefficient (Wildman–Crippen LogP) is 4.08. The second kappa shape index (κ2) is 5.21. The minimum Gasteiger partial charge on any atom is -0.395 e. The second-order valence-corrected chi connectivity index (χ2v) is 8.94. The van der Waals surface area contributed by atoms with Crippen LogP contribution in [-0.4, -0.2) is 22.9 Å². The molecule has 0 spiro atoms. The van der Waals surface area contributed by atoms with Gasteiger partial charge in [-0.25, -0.2) is 0 Å². The average molecular weight is 304 g/mol. The van der Waals surface area contributed by atoms with Crippen molar-refractivity contribution in [1.29, 1.82) is 0 Å². The molecule has 0 bridgehead atoms. The van der Waals surface area contributed by atoms with Crippen LogP contribution >= 0.6 is 0 Å². The highest BCUT2D eigenvalue weighted by atomic mass is 16.3. The number of aliphatic hydroxyl groups excluding tert-OH is 2. The molecule has 0 aromatic rings. The van der Waals surface area contributed by atoms with Gasteiger partial charge in [0.25, 0.3) is 0 Å². The smallest absolute Gasteiger partial charge is 0.0631 e. The quantitative estimate of drug-likeness (QED) is 0.755. The number of hydrogen-bond donors (Lipinski definition) is 2. The molecule has 2 saturated carbocycles. The molecule has 2 N–H and O–H groups in total. The molecule has 0 heterocycles. The summed E-state index contributed by atoms with van der Waals surface area (Å²) in [6, 6.07) is 0. The fourth-order valence-corrected chi connectivity index (χ4v) is 5.58. The van der Waals surface area contributed by atoms with E-state index >= 15 is 0 Å². The van der Waals surface area contributed by atoms with E-state index in [-0.39, 0.29) is 29.0 Å². The van der Waals surface area contributed by atoms with Crippen LogP contribution in [0.5, 0.6) is 0 Å². The molecule has 3 aliphatic rings. The van der Waals surface area contributed by atoms with Gasteiger partial charge in [-0.2, -0.15) is 0 Å². The highest BCUT2D eigenvalue weighted by molar-refractivity contribution is 5.30. The minimum absolute atomic E-state index is 0.0388. The van der Waals surface area contributed by atoms with E-state index in [9.17, 15) is 10.2 Å². The Balaban J connectivity index is 1.99. The van der Waals surface area contributed by atoms with Crippen LogP contribution in [0.15, 0.2) is 24.3 Å². The molecule has 2 heteroatoms. The standard InChI is InChI=1S/C20H32O2/c1-5-19(4)10-11-20(13-21)14(12-19)6-7-15-16(20)8-9-17(22)18(15,2)3/h5,8,14-15,17,21-22H,1,6-7,9-13H2,2-4H3/t14-,15-,17+,19-,20+/m0/s1. The van der Waals surface area contributed by atoms with Crippen LogP contribution in [0.2, 0.25) is 0 Å². The van der Waals surface area contributed by atoms with Gasteiger partial charge in [0.2, 0.25) is 0 Å². The molecule has 0 aromatic heterocycles. The lowest BCUT2D eigenvalue weighted by atomic mass is 9.46. The monoisotopic (exact) mass is 304 g/mol. The van der Waals surface area contributed by atoms with Gasteiger partial charge in [-0.15, -0.1) is 6.58 Å². The lowest BCUT2D eigenvalue weighted by Gasteiger charge is -2.59. The Hall–Kier alpha value is -0.600. The number of aliphatic hydroxyl groups is 2. The summed E-state index contributed by atoms with van der Waals surface area (Å²) in [5.74, 6) is 0.982. The van der Waals surface area contributed by atoms with E-state index in [1.54, 1.807) is 0 Å². The van der Waals surface area contributed by atoms with Crippen molar-refractivity contribution in [2.75, 3.05) is 6.61 Å². The molecule has 5 atom stereocenters. The van der Waals surface area contributed by atoms with Crippen LogP contribution in [0.25, 0.3) is 0 Å². The van der Waals surface area contributed by atoms with Crippen LogP contribution in [-0.2, 0) is 0 Å². The molecule has 0 amide bonds. The Morgan fingerprint density at radius 1 is 1.27 bits per heavy atom. The summed E-state index contributed by atoms with van der Waals surface area (Å²) in [6.07, 6.45) is 10.5. The van der Waals surface area contributed by atoms with Crippen molar-refractivity contribution in [1.82, 2.24) is 0 Å². The predicted molar refractivity (Wildman–Crippen MR) is 90.4 cm³/mol. The summed E-state index contributed by atoms with van der Waals surface area (Å²) in [7, 11) is 0. The number of rotatable bonds is 2. The lowest BCUT2D eigenvalue weighted by Crippen LogP contribution is -2.53. The molecule has 0 unspecified atom stereocenters. The molecular weight excluding hydrogens is 272 g/mol. The number of allylic oxidation sites excluding steroid dienone is 1. The number of hydrogen-bond acceptors (Lipinski definition) is 2. The van der Waals surface area contributed by atoms with Crippen LogP contribution in [0, 0.1) is 28.1 Å². The molecule has 3 rings (SSSR count). The van der Waals surface area contributed by atoms with Crippen molar-refractivity contribution in [3.8, 4) is 0 Å². The van der Waals surface area contributed by atoms with Crippen molar-refractivity contribution in [3.63, 3.8) is 0 Å². The zero-order valence-electron chi connectivity index (χ0n) is 14.4. The van der Waals surface area contributed by atoms with Gasteiger partial charge in [0.15, 0.2) is 0 Å². The van der Waals surface area contributed by atoms with Crippen molar-refractivity contribution in [3.05, 3.63) is 24.3 Å². The molecule has 2 nitrogen and oxygen atoms in total. The van der Waals surface area contributed by atoms with E-state index in [4.69, 9.17) is 0 Å². The topological polar surface area (TPSA) is 40.5 Å². The van der Waals surface area contributed by atoms with Gasteiger partial charge in [0.1, 0.15) is 0 Å². The Morgan fingerprint density at radius 3 is 2.64 bits per heavy atom. The molecular formula is C20H32O2. The van der Waals surface area contributed by atoms with E-state index in [2.05, 4.69) is 39.5 Å². The normalized spacial score (nSPS) is 47.1. The second-order valence-electron chi connectivity index (χ2n) is 8.94. The van der Waals surface area contributed by atoms with Crippen molar-refractivity contribution < 1.29 is 10.2 Å². The Kier molecular flexibility index (Phi) is 3.85. The van der Waals surface area contributed by atoms with Gasteiger partial charge < -0.3 is 10.2 Å². The van der Waals surface area contributed by atoms with E-state index in [1.807, 2.05) is 0 Å². The third-order valence-corrected chi connectivity index (χ3v) is 7.48. The first-order valence-corrected chi connectivity index (χ1v) is 8.92. The van der Waals surface area contributed by atoms with Crippen molar-refractivity contribution in [2.24, 2.45) is 28.1 Å². The Labute approximate surface area is 135 Å². The van der Waals surface area contributed by atoms with Crippen LogP contribution in [0.3, 0.4) is 0 Å². The fourth-order valence-electron chi connectivity index (χ4n) is 5.58. The fraction of sp³-hybridized carbons (Fsp3) is 0.800. The highest BCUT2D eigenvalue weighted by Crippen LogP contribution is 2.63. The molecule has 0 aliphatic heterocycles. The summed E-state index contributed by atoms with van der Waals surface area (Å²) in [4.78, 5) is 0. The van der Waals surface area contributed by atoms with E-state index in [0.717, 1.165) is 32.1 Å². The minimum atomic E-state index is -0.254. The Morgan fingerprint density at radius 2 is 2.00 bits per heavy atom. The molecule has 22 heavy (non-hydrogen) atoms. The van der Waals surface area contributed by atoms with E-state index < -0.39 is 0 Å². The van der Waals surface area contributed by atoms with Crippen LogP contribution in [0.4, 0.5) is 0 Å². The summed E-state index contributed by atoms with van der Waals surface area (Å²) in [5.41, 5.74) is 1.58. The van der Waals surface area contributed by atoms with Crippen LogP contribution < -0.4 is 0 Å². The van der Waals surface area contributed by atoms with Gasteiger partial charge >= 0.3 is 0 Å². The third-order valence-electron chi connectivity index (χ3n) is 7.48. The zero-order chi connectivity index (χ0) is 16.2. The molecule has 124 valence electrons. The Bertz CT molecular complexity index is 492. The molecule has 0 radical (unpaired) electrons.